The molecule has 0 atom stereocenters. The summed E-state index contributed by atoms with van der Waals surface area (Å²) >= 11 is 0. The molecule has 0 saturated heterocycles. The number of amides is 1. The van der Waals surface area contributed by atoms with E-state index in [0.717, 1.165) is 37.4 Å². The van der Waals surface area contributed by atoms with Gasteiger partial charge in [0.1, 0.15) is 5.75 Å². The minimum absolute atomic E-state index is 0.226. The van der Waals surface area contributed by atoms with Crippen LogP contribution < -0.4 is 15.0 Å². The molecule has 2 aliphatic rings. The number of hydrogen-bond acceptors (Lipinski definition) is 3. The molecule has 3 rings (SSSR count). The number of benzene rings is 1. The Labute approximate surface area is 120 Å². The average molecular weight is 274 g/mol. The Morgan fingerprint density at radius 1 is 1.45 bits per heavy atom. The maximum absolute atomic E-state index is 12.4. The van der Waals surface area contributed by atoms with Crippen LogP contribution in [0.25, 0.3) is 0 Å². The van der Waals surface area contributed by atoms with Crippen LogP contribution in [-0.2, 0) is 11.2 Å². The van der Waals surface area contributed by atoms with E-state index in [1.165, 1.54) is 18.4 Å². The minimum atomic E-state index is 0.226. The maximum atomic E-state index is 12.4. The van der Waals surface area contributed by atoms with Crippen LogP contribution >= 0.6 is 0 Å². The van der Waals surface area contributed by atoms with Crippen LogP contribution in [0.15, 0.2) is 18.2 Å². The fraction of sp³-hybridized carbons (Fsp3) is 0.562. The summed E-state index contributed by atoms with van der Waals surface area (Å²) in [6.07, 6.45) is 5.17. The van der Waals surface area contributed by atoms with Crippen molar-refractivity contribution in [3.05, 3.63) is 23.8 Å². The zero-order chi connectivity index (χ0) is 13.9. The molecule has 20 heavy (non-hydrogen) atoms. The van der Waals surface area contributed by atoms with Crippen LogP contribution in [0.5, 0.6) is 5.75 Å². The molecule has 108 valence electrons. The van der Waals surface area contributed by atoms with Gasteiger partial charge in [0, 0.05) is 31.2 Å². The van der Waals surface area contributed by atoms with Crippen molar-refractivity contribution in [2.45, 2.75) is 38.1 Å². The highest BCUT2D eigenvalue weighted by molar-refractivity contribution is 5.94. The van der Waals surface area contributed by atoms with Gasteiger partial charge in [-0.1, -0.05) is 0 Å². The number of hydrogen-bond donors (Lipinski definition) is 1. The van der Waals surface area contributed by atoms with Crippen molar-refractivity contribution in [3.63, 3.8) is 0 Å². The summed E-state index contributed by atoms with van der Waals surface area (Å²) in [6.45, 7) is 1.63. The molecule has 1 aromatic carbocycles. The largest absolute Gasteiger partial charge is 0.497 e. The van der Waals surface area contributed by atoms with Crippen LogP contribution in [0.1, 0.15) is 31.2 Å². The van der Waals surface area contributed by atoms with Crippen LogP contribution in [-0.4, -0.2) is 32.1 Å². The predicted molar refractivity (Wildman–Crippen MR) is 79.3 cm³/mol. The number of nitrogens with one attached hydrogen (secondary N) is 1. The molecule has 1 aromatic rings. The number of methoxy groups -OCH3 is 1. The van der Waals surface area contributed by atoms with Crippen molar-refractivity contribution in [3.8, 4) is 5.75 Å². The third-order valence-corrected chi connectivity index (χ3v) is 4.06. The number of aryl methyl sites for hydroxylation is 1. The summed E-state index contributed by atoms with van der Waals surface area (Å²) in [5.74, 6) is 1.10. The second-order valence-electron chi connectivity index (χ2n) is 5.62. The number of nitrogens with zero attached hydrogens (tertiary/aromatic N) is 1. The zero-order valence-corrected chi connectivity index (χ0v) is 12.0. The quantitative estimate of drug-likeness (QED) is 0.894. The summed E-state index contributed by atoms with van der Waals surface area (Å²) in [4.78, 5) is 14.3. The molecule has 0 spiro atoms. The lowest BCUT2D eigenvalue weighted by atomic mass is 10.0. The molecule has 4 heteroatoms. The minimum Gasteiger partial charge on any atom is -0.497 e. The third kappa shape index (κ3) is 2.96. The van der Waals surface area contributed by atoms with E-state index in [0.29, 0.717) is 12.5 Å². The van der Waals surface area contributed by atoms with Gasteiger partial charge in [-0.15, -0.1) is 0 Å². The topological polar surface area (TPSA) is 41.6 Å². The highest BCUT2D eigenvalue weighted by Crippen LogP contribution is 2.30. The molecule has 1 aliphatic carbocycles. The van der Waals surface area contributed by atoms with E-state index in [1.807, 2.05) is 17.0 Å². The van der Waals surface area contributed by atoms with Gasteiger partial charge in [0.15, 0.2) is 0 Å². The number of anilines is 1. The van der Waals surface area contributed by atoms with Crippen molar-refractivity contribution in [1.82, 2.24) is 5.32 Å². The van der Waals surface area contributed by atoms with Gasteiger partial charge in [0.05, 0.1) is 7.11 Å². The van der Waals surface area contributed by atoms with Crippen LogP contribution in [0.3, 0.4) is 0 Å². The van der Waals surface area contributed by atoms with E-state index < -0.39 is 0 Å². The van der Waals surface area contributed by atoms with E-state index in [4.69, 9.17) is 4.74 Å². The van der Waals surface area contributed by atoms with Gasteiger partial charge in [-0.2, -0.15) is 0 Å². The fourth-order valence-corrected chi connectivity index (χ4v) is 2.77. The highest BCUT2D eigenvalue weighted by atomic mass is 16.5. The van der Waals surface area contributed by atoms with E-state index in [2.05, 4.69) is 11.4 Å². The number of ether oxygens (including phenoxy) is 1. The first-order valence-electron chi connectivity index (χ1n) is 7.48. The molecule has 1 heterocycles. The van der Waals surface area contributed by atoms with Crippen LogP contribution in [0, 0.1) is 0 Å². The Morgan fingerprint density at radius 2 is 2.30 bits per heavy atom. The molecular formula is C16H22N2O2. The van der Waals surface area contributed by atoms with Crippen molar-refractivity contribution in [2.75, 3.05) is 25.1 Å². The molecule has 0 unspecified atom stereocenters. The maximum Gasteiger partial charge on any atom is 0.228 e. The normalized spacial score (nSPS) is 17.8. The fourth-order valence-electron chi connectivity index (χ4n) is 2.77. The van der Waals surface area contributed by atoms with Gasteiger partial charge in [0.2, 0.25) is 5.91 Å². The molecular weight excluding hydrogens is 252 g/mol. The molecule has 1 amide bonds. The van der Waals surface area contributed by atoms with E-state index >= 15 is 0 Å². The summed E-state index contributed by atoms with van der Waals surface area (Å²) < 4.78 is 5.26. The molecule has 1 aliphatic heterocycles. The van der Waals surface area contributed by atoms with Gasteiger partial charge < -0.3 is 15.0 Å². The summed E-state index contributed by atoms with van der Waals surface area (Å²) in [7, 11) is 1.68. The number of carbonyl (C=O) groups is 1. The lowest BCUT2D eigenvalue weighted by molar-refractivity contribution is -0.118. The van der Waals surface area contributed by atoms with Crippen molar-refractivity contribution in [2.24, 2.45) is 0 Å². The van der Waals surface area contributed by atoms with E-state index in [-0.39, 0.29) is 5.91 Å². The SMILES string of the molecule is COc1ccc2c(c1)CCCN2C(=O)CCNC1CC1. The first-order valence-corrected chi connectivity index (χ1v) is 7.48. The Bertz CT molecular complexity index is 497. The molecule has 0 bridgehead atoms. The molecule has 0 aromatic heterocycles. The lowest BCUT2D eigenvalue weighted by Crippen LogP contribution is -2.37. The molecule has 0 radical (unpaired) electrons. The van der Waals surface area contributed by atoms with Gasteiger partial charge in [0.25, 0.3) is 0 Å². The van der Waals surface area contributed by atoms with Gasteiger partial charge in [-0.05, 0) is 49.4 Å². The van der Waals surface area contributed by atoms with Crippen LogP contribution in [0.4, 0.5) is 5.69 Å². The molecule has 1 N–H and O–H groups in total. The van der Waals surface area contributed by atoms with Gasteiger partial charge >= 0.3 is 0 Å². The Morgan fingerprint density at radius 3 is 3.05 bits per heavy atom. The van der Waals surface area contributed by atoms with Crippen molar-refractivity contribution >= 4 is 11.6 Å². The lowest BCUT2D eigenvalue weighted by Gasteiger charge is -2.30. The summed E-state index contributed by atoms with van der Waals surface area (Å²) in [5, 5.41) is 3.40. The van der Waals surface area contributed by atoms with E-state index in [9.17, 15) is 4.79 Å². The first kappa shape index (κ1) is 13.4. The number of carbonyl (C=O) groups excluding carboxylic acids is 1. The summed E-state index contributed by atoms with van der Waals surface area (Å²) in [5.41, 5.74) is 2.28. The number of fused-ring (bicyclic) bond motifs is 1. The monoisotopic (exact) mass is 274 g/mol. The predicted octanol–water partition coefficient (Wildman–Crippen LogP) is 2.12. The van der Waals surface area contributed by atoms with Crippen molar-refractivity contribution < 1.29 is 9.53 Å². The Kier molecular flexibility index (Phi) is 3.92. The van der Waals surface area contributed by atoms with Crippen LogP contribution in [0.2, 0.25) is 0 Å². The standard InChI is InChI=1S/C16H22N2O2/c1-20-14-6-7-15-12(11-14)3-2-10-18(15)16(19)8-9-17-13-4-5-13/h6-7,11,13,17H,2-5,8-10H2,1H3. The Balaban J connectivity index is 1.66. The first-order chi connectivity index (χ1) is 9.78. The molecule has 1 saturated carbocycles. The summed E-state index contributed by atoms with van der Waals surface area (Å²) in [6, 6.07) is 6.67. The molecule has 4 nitrogen and oxygen atoms in total. The van der Waals surface area contributed by atoms with E-state index in [1.54, 1.807) is 7.11 Å². The zero-order valence-electron chi connectivity index (χ0n) is 12.0. The Hall–Kier alpha value is -1.55. The molecule has 1 fully saturated rings. The second-order valence-corrected chi connectivity index (χ2v) is 5.62. The third-order valence-electron chi connectivity index (χ3n) is 4.06. The van der Waals surface area contributed by atoms with Crippen molar-refractivity contribution in [1.29, 1.82) is 0 Å². The smallest absolute Gasteiger partial charge is 0.228 e. The average Bonchev–Trinajstić information content (AvgIpc) is 3.30. The van der Waals surface area contributed by atoms with Gasteiger partial charge in [-0.25, -0.2) is 0 Å². The second kappa shape index (κ2) is 5.83. The highest BCUT2D eigenvalue weighted by Gasteiger charge is 2.24. The van der Waals surface area contributed by atoms with Gasteiger partial charge in [-0.3, -0.25) is 4.79 Å². The number of rotatable bonds is 5.